The maximum atomic E-state index is 12.7. The lowest BCUT2D eigenvalue weighted by molar-refractivity contribution is -0.134. The van der Waals surface area contributed by atoms with Crippen LogP contribution in [-0.2, 0) is 22.6 Å². The van der Waals surface area contributed by atoms with Crippen LogP contribution in [0, 0.1) is 12.8 Å². The predicted molar refractivity (Wildman–Crippen MR) is 116 cm³/mol. The zero-order valence-corrected chi connectivity index (χ0v) is 17.6. The van der Waals surface area contributed by atoms with Crippen LogP contribution >= 0.6 is 0 Å². The van der Waals surface area contributed by atoms with E-state index in [1.54, 1.807) is 11.8 Å². The standard InChI is InChI=1S/C25H32N2O2/c1-20-7-6-10-24(17-20)19-27(21(2)28)16-13-25(29)26-14-11-23(12-15-26)18-22-8-4-3-5-9-22/h3-10,17,23H,11-16,18-19H2,1-2H3. The van der Waals surface area contributed by atoms with Crippen LogP contribution in [0.25, 0.3) is 0 Å². The van der Waals surface area contributed by atoms with Gasteiger partial charge in [0, 0.05) is 39.5 Å². The van der Waals surface area contributed by atoms with E-state index in [1.165, 1.54) is 11.1 Å². The molecule has 2 aromatic rings. The maximum Gasteiger partial charge on any atom is 0.224 e. The monoisotopic (exact) mass is 392 g/mol. The topological polar surface area (TPSA) is 40.6 Å². The van der Waals surface area contributed by atoms with Gasteiger partial charge in [-0.3, -0.25) is 9.59 Å². The summed E-state index contributed by atoms with van der Waals surface area (Å²) in [6.07, 6.45) is 3.60. The average Bonchev–Trinajstić information content (AvgIpc) is 2.72. The number of hydrogen-bond acceptors (Lipinski definition) is 2. The zero-order valence-electron chi connectivity index (χ0n) is 17.6. The summed E-state index contributed by atoms with van der Waals surface area (Å²) in [5.41, 5.74) is 3.67. The number of hydrogen-bond donors (Lipinski definition) is 0. The molecule has 0 bridgehead atoms. The van der Waals surface area contributed by atoms with Gasteiger partial charge in [-0.15, -0.1) is 0 Å². The fourth-order valence-electron chi connectivity index (χ4n) is 4.10. The van der Waals surface area contributed by atoms with Gasteiger partial charge in [-0.2, -0.15) is 0 Å². The summed E-state index contributed by atoms with van der Waals surface area (Å²) >= 11 is 0. The highest BCUT2D eigenvalue weighted by Gasteiger charge is 2.23. The van der Waals surface area contributed by atoms with Crippen LogP contribution in [0.3, 0.4) is 0 Å². The minimum Gasteiger partial charge on any atom is -0.343 e. The van der Waals surface area contributed by atoms with Crippen molar-refractivity contribution in [3.63, 3.8) is 0 Å². The molecule has 0 atom stereocenters. The molecule has 29 heavy (non-hydrogen) atoms. The maximum absolute atomic E-state index is 12.7. The molecule has 1 saturated heterocycles. The zero-order chi connectivity index (χ0) is 20.6. The average molecular weight is 393 g/mol. The molecule has 1 aliphatic rings. The van der Waals surface area contributed by atoms with Crippen LogP contribution in [0.5, 0.6) is 0 Å². The Bertz CT molecular complexity index is 811. The molecule has 0 radical (unpaired) electrons. The summed E-state index contributed by atoms with van der Waals surface area (Å²) in [6.45, 7) is 6.32. The van der Waals surface area contributed by atoms with Crippen molar-refractivity contribution >= 4 is 11.8 Å². The first kappa shape index (κ1) is 21.1. The normalized spacial score (nSPS) is 14.6. The number of amides is 2. The lowest BCUT2D eigenvalue weighted by Crippen LogP contribution is -2.41. The van der Waals surface area contributed by atoms with Crippen LogP contribution < -0.4 is 0 Å². The summed E-state index contributed by atoms with van der Waals surface area (Å²) < 4.78 is 0. The molecule has 0 unspecified atom stereocenters. The number of piperidine rings is 1. The molecular weight excluding hydrogens is 360 g/mol. The Morgan fingerprint density at radius 1 is 1.00 bits per heavy atom. The molecule has 0 spiro atoms. The van der Waals surface area contributed by atoms with E-state index in [9.17, 15) is 9.59 Å². The number of nitrogens with zero attached hydrogens (tertiary/aromatic N) is 2. The van der Waals surface area contributed by atoms with Crippen molar-refractivity contribution in [3.8, 4) is 0 Å². The third kappa shape index (κ3) is 6.45. The second-order valence-electron chi connectivity index (χ2n) is 8.19. The largest absolute Gasteiger partial charge is 0.343 e. The van der Waals surface area contributed by atoms with E-state index in [2.05, 4.69) is 30.3 Å². The van der Waals surface area contributed by atoms with Gasteiger partial charge < -0.3 is 9.80 Å². The first-order valence-electron chi connectivity index (χ1n) is 10.6. The quantitative estimate of drug-likeness (QED) is 0.708. The molecule has 154 valence electrons. The van der Waals surface area contributed by atoms with Gasteiger partial charge in [-0.25, -0.2) is 0 Å². The second kappa shape index (κ2) is 10.2. The summed E-state index contributed by atoms with van der Waals surface area (Å²) in [7, 11) is 0. The third-order valence-corrected chi connectivity index (χ3v) is 5.83. The van der Waals surface area contributed by atoms with Crippen molar-refractivity contribution in [2.24, 2.45) is 5.92 Å². The van der Waals surface area contributed by atoms with E-state index in [0.29, 0.717) is 25.4 Å². The number of rotatable bonds is 7. The van der Waals surface area contributed by atoms with Crippen LogP contribution in [0.1, 0.15) is 42.9 Å². The van der Waals surface area contributed by atoms with Crippen molar-refractivity contribution in [1.82, 2.24) is 9.80 Å². The minimum atomic E-state index is 0.0147. The predicted octanol–water partition coefficient (Wildman–Crippen LogP) is 4.21. The summed E-state index contributed by atoms with van der Waals surface area (Å²) in [4.78, 5) is 28.5. The van der Waals surface area contributed by atoms with E-state index < -0.39 is 0 Å². The highest BCUT2D eigenvalue weighted by Crippen LogP contribution is 2.22. The van der Waals surface area contributed by atoms with Gasteiger partial charge >= 0.3 is 0 Å². The van der Waals surface area contributed by atoms with Crippen molar-refractivity contribution in [3.05, 3.63) is 71.3 Å². The lowest BCUT2D eigenvalue weighted by Gasteiger charge is -2.33. The van der Waals surface area contributed by atoms with Crippen LogP contribution in [-0.4, -0.2) is 41.2 Å². The fourth-order valence-corrected chi connectivity index (χ4v) is 4.10. The molecule has 2 amide bonds. The molecule has 3 rings (SSSR count). The van der Waals surface area contributed by atoms with Gasteiger partial charge in [0.2, 0.25) is 11.8 Å². The Morgan fingerprint density at radius 2 is 1.69 bits per heavy atom. The highest BCUT2D eigenvalue weighted by molar-refractivity contribution is 5.78. The molecule has 0 aliphatic carbocycles. The summed E-state index contributed by atoms with van der Waals surface area (Å²) in [6, 6.07) is 18.8. The van der Waals surface area contributed by atoms with Crippen LogP contribution in [0.2, 0.25) is 0 Å². The van der Waals surface area contributed by atoms with Gasteiger partial charge in [-0.1, -0.05) is 60.2 Å². The molecule has 4 nitrogen and oxygen atoms in total. The molecular formula is C25H32N2O2. The number of benzene rings is 2. The molecule has 0 N–H and O–H groups in total. The third-order valence-electron chi connectivity index (χ3n) is 5.83. The Labute approximate surface area is 174 Å². The number of carbonyl (C=O) groups excluding carboxylic acids is 2. The fraction of sp³-hybridized carbons (Fsp3) is 0.440. The first-order valence-corrected chi connectivity index (χ1v) is 10.6. The minimum absolute atomic E-state index is 0.0147. The van der Waals surface area contributed by atoms with E-state index in [0.717, 1.165) is 37.9 Å². The molecule has 2 aromatic carbocycles. The van der Waals surface area contributed by atoms with E-state index in [4.69, 9.17) is 0 Å². The lowest BCUT2D eigenvalue weighted by atomic mass is 9.90. The number of likely N-dealkylation sites (tertiary alicyclic amines) is 1. The van der Waals surface area contributed by atoms with Gasteiger partial charge in [0.1, 0.15) is 0 Å². The highest BCUT2D eigenvalue weighted by atomic mass is 16.2. The van der Waals surface area contributed by atoms with Crippen molar-refractivity contribution in [2.45, 2.75) is 46.1 Å². The van der Waals surface area contributed by atoms with Crippen molar-refractivity contribution in [2.75, 3.05) is 19.6 Å². The molecule has 1 fully saturated rings. The van der Waals surface area contributed by atoms with E-state index >= 15 is 0 Å². The Balaban J connectivity index is 1.45. The molecule has 4 heteroatoms. The van der Waals surface area contributed by atoms with Crippen molar-refractivity contribution < 1.29 is 9.59 Å². The van der Waals surface area contributed by atoms with E-state index in [1.807, 2.05) is 36.1 Å². The smallest absolute Gasteiger partial charge is 0.224 e. The second-order valence-corrected chi connectivity index (χ2v) is 8.19. The molecule has 1 heterocycles. The Hall–Kier alpha value is -2.62. The van der Waals surface area contributed by atoms with Gasteiger partial charge in [-0.05, 0) is 43.2 Å². The molecule has 1 aliphatic heterocycles. The SMILES string of the molecule is CC(=O)N(CCC(=O)N1CCC(Cc2ccccc2)CC1)Cc1cccc(C)c1. The van der Waals surface area contributed by atoms with Gasteiger partial charge in [0.05, 0.1) is 0 Å². The first-order chi connectivity index (χ1) is 14.0. The van der Waals surface area contributed by atoms with Gasteiger partial charge in [0.15, 0.2) is 0 Å². The Morgan fingerprint density at radius 3 is 2.34 bits per heavy atom. The van der Waals surface area contributed by atoms with Crippen molar-refractivity contribution in [1.29, 1.82) is 0 Å². The van der Waals surface area contributed by atoms with E-state index in [-0.39, 0.29) is 11.8 Å². The Kier molecular flexibility index (Phi) is 7.45. The molecule has 0 aromatic heterocycles. The summed E-state index contributed by atoms with van der Waals surface area (Å²) in [5.74, 6) is 0.830. The number of carbonyl (C=O) groups is 2. The molecule has 0 saturated carbocycles. The summed E-state index contributed by atoms with van der Waals surface area (Å²) in [5, 5.41) is 0. The number of aryl methyl sites for hydroxylation is 1. The van der Waals surface area contributed by atoms with Gasteiger partial charge in [0.25, 0.3) is 0 Å². The van der Waals surface area contributed by atoms with Crippen LogP contribution in [0.4, 0.5) is 0 Å². The van der Waals surface area contributed by atoms with Crippen LogP contribution in [0.15, 0.2) is 54.6 Å².